The quantitative estimate of drug-likeness (QED) is 0.866. The topological polar surface area (TPSA) is 32.3 Å². The van der Waals surface area contributed by atoms with Crippen LogP contribution in [0.5, 0.6) is 5.75 Å². The van der Waals surface area contributed by atoms with Crippen molar-refractivity contribution in [2.45, 2.75) is 34.2 Å². The monoisotopic (exact) mass is 257 g/mol. The van der Waals surface area contributed by atoms with Gasteiger partial charge in [-0.1, -0.05) is 27.7 Å². The van der Waals surface area contributed by atoms with Crippen molar-refractivity contribution in [3.05, 3.63) is 29.3 Å². The molecule has 1 atom stereocenters. The fourth-order valence-corrected chi connectivity index (χ4v) is 1.46. The molecule has 0 aromatic heterocycles. The molecule has 4 heteroatoms. The molecule has 0 amide bonds. The van der Waals surface area contributed by atoms with Crippen molar-refractivity contribution in [2.75, 3.05) is 6.54 Å². The molecule has 2 nitrogen and oxygen atoms in total. The number of rotatable bonds is 4. The van der Waals surface area contributed by atoms with Gasteiger partial charge in [0.2, 0.25) is 0 Å². The number of benzene rings is 1. The molecule has 1 aromatic carbocycles. The Labute approximate surface area is 107 Å². The minimum absolute atomic E-state index is 0.193. The van der Waals surface area contributed by atoms with Crippen LogP contribution in [-0.2, 0) is 6.54 Å². The van der Waals surface area contributed by atoms with E-state index in [-0.39, 0.29) is 5.41 Å². The van der Waals surface area contributed by atoms with E-state index in [9.17, 15) is 8.78 Å². The number of nitrogens with one attached hydrogen (secondary N) is 1. The first-order valence-electron chi connectivity index (χ1n) is 6.09. The molecule has 0 aliphatic heterocycles. The third kappa shape index (κ3) is 3.95. The van der Waals surface area contributed by atoms with Crippen LogP contribution in [0.3, 0.4) is 0 Å². The number of phenolic OH excluding ortho intramolecular Hbond substituents is 1. The molecule has 0 heterocycles. The van der Waals surface area contributed by atoms with E-state index in [0.717, 1.165) is 18.7 Å². The van der Waals surface area contributed by atoms with Gasteiger partial charge in [-0.25, -0.2) is 8.78 Å². The summed E-state index contributed by atoms with van der Waals surface area (Å²) in [6, 6.07) is 2.29. The highest BCUT2D eigenvalue weighted by atomic mass is 19.1. The van der Waals surface area contributed by atoms with Crippen molar-refractivity contribution in [1.29, 1.82) is 0 Å². The highest BCUT2D eigenvalue weighted by molar-refractivity contribution is 5.29. The minimum atomic E-state index is -0.921. The summed E-state index contributed by atoms with van der Waals surface area (Å²) >= 11 is 0. The summed E-state index contributed by atoms with van der Waals surface area (Å²) in [7, 11) is 0. The van der Waals surface area contributed by atoms with Gasteiger partial charge in [0.05, 0.1) is 0 Å². The van der Waals surface area contributed by atoms with Crippen LogP contribution in [0.1, 0.15) is 33.3 Å². The van der Waals surface area contributed by atoms with Gasteiger partial charge in [0.25, 0.3) is 0 Å². The lowest BCUT2D eigenvalue weighted by molar-refractivity contribution is 0.252. The first-order chi connectivity index (χ1) is 8.21. The molecule has 0 bridgehead atoms. The molecule has 0 aliphatic rings. The zero-order valence-corrected chi connectivity index (χ0v) is 11.3. The molecule has 1 aromatic rings. The van der Waals surface area contributed by atoms with Crippen LogP contribution in [0.4, 0.5) is 8.78 Å². The van der Waals surface area contributed by atoms with Crippen LogP contribution >= 0.6 is 0 Å². The summed E-state index contributed by atoms with van der Waals surface area (Å²) in [5.74, 6) is -2.31. The molecule has 0 fully saturated rings. The van der Waals surface area contributed by atoms with Crippen LogP contribution in [0.15, 0.2) is 12.1 Å². The van der Waals surface area contributed by atoms with Crippen LogP contribution in [0.2, 0.25) is 0 Å². The second kappa shape index (κ2) is 5.65. The lowest BCUT2D eigenvalue weighted by Crippen LogP contribution is -2.29. The highest BCUT2D eigenvalue weighted by Gasteiger charge is 2.19. The normalized spacial score (nSPS) is 13.7. The van der Waals surface area contributed by atoms with E-state index in [2.05, 4.69) is 33.0 Å². The van der Waals surface area contributed by atoms with E-state index in [1.54, 1.807) is 0 Å². The Hall–Kier alpha value is -1.16. The van der Waals surface area contributed by atoms with E-state index in [4.69, 9.17) is 5.11 Å². The third-order valence-corrected chi connectivity index (χ3v) is 3.33. The zero-order chi connectivity index (χ0) is 13.9. The van der Waals surface area contributed by atoms with Gasteiger partial charge in [-0.15, -0.1) is 0 Å². The van der Waals surface area contributed by atoms with Crippen molar-refractivity contribution in [1.82, 2.24) is 5.32 Å². The van der Waals surface area contributed by atoms with Gasteiger partial charge < -0.3 is 10.4 Å². The van der Waals surface area contributed by atoms with Crippen molar-refractivity contribution in [3.63, 3.8) is 0 Å². The fourth-order valence-electron chi connectivity index (χ4n) is 1.46. The summed E-state index contributed by atoms with van der Waals surface area (Å²) in [6.07, 6.45) is 0. The number of hydrogen-bond donors (Lipinski definition) is 2. The second-order valence-electron chi connectivity index (χ2n) is 5.81. The van der Waals surface area contributed by atoms with Crippen LogP contribution in [0, 0.1) is 23.0 Å². The zero-order valence-electron chi connectivity index (χ0n) is 11.3. The number of phenols is 1. The van der Waals surface area contributed by atoms with Crippen molar-refractivity contribution < 1.29 is 13.9 Å². The lowest BCUT2D eigenvalue weighted by atomic mass is 9.82. The van der Waals surface area contributed by atoms with Gasteiger partial charge in [0.15, 0.2) is 17.4 Å². The molecule has 0 saturated heterocycles. The summed E-state index contributed by atoms with van der Waals surface area (Å²) in [5, 5.41) is 12.1. The number of halogens is 2. The Morgan fingerprint density at radius 3 is 2.17 bits per heavy atom. The Bertz CT molecular complexity index is 390. The lowest BCUT2D eigenvalue weighted by Gasteiger charge is -2.27. The molecular formula is C14H21F2NO. The Morgan fingerprint density at radius 2 is 1.72 bits per heavy atom. The number of aromatic hydroxyl groups is 1. The first kappa shape index (κ1) is 14.9. The van der Waals surface area contributed by atoms with Crippen molar-refractivity contribution in [2.24, 2.45) is 11.3 Å². The SMILES string of the molecule is CC(CNCc1cc(F)c(O)c(F)c1)C(C)(C)C. The average molecular weight is 257 g/mol. The third-order valence-electron chi connectivity index (χ3n) is 3.33. The Balaban J connectivity index is 2.55. The van der Waals surface area contributed by atoms with E-state index >= 15 is 0 Å². The second-order valence-corrected chi connectivity index (χ2v) is 5.81. The Morgan fingerprint density at radius 1 is 1.22 bits per heavy atom. The maximum Gasteiger partial charge on any atom is 0.187 e. The minimum Gasteiger partial charge on any atom is -0.503 e. The standard InChI is InChI=1S/C14H21F2NO/c1-9(14(2,3)4)7-17-8-10-5-11(15)13(18)12(16)6-10/h5-6,9,17-18H,7-8H2,1-4H3. The predicted molar refractivity (Wildman–Crippen MR) is 68.3 cm³/mol. The number of hydrogen-bond acceptors (Lipinski definition) is 2. The van der Waals surface area contributed by atoms with Crippen LogP contribution in [0.25, 0.3) is 0 Å². The van der Waals surface area contributed by atoms with Gasteiger partial charge in [0.1, 0.15) is 0 Å². The molecule has 0 spiro atoms. The molecule has 0 saturated carbocycles. The molecule has 0 radical (unpaired) electrons. The fraction of sp³-hybridized carbons (Fsp3) is 0.571. The summed E-state index contributed by atoms with van der Waals surface area (Å²) in [6.45, 7) is 9.74. The summed E-state index contributed by atoms with van der Waals surface area (Å²) in [5.41, 5.74) is 0.683. The van der Waals surface area contributed by atoms with Gasteiger partial charge in [-0.3, -0.25) is 0 Å². The molecule has 102 valence electrons. The predicted octanol–water partition coefficient (Wildman–Crippen LogP) is 3.44. The van der Waals surface area contributed by atoms with Gasteiger partial charge in [0, 0.05) is 6.54 Å². The maximum atomic E-state index is 13.1. The smallest absolute Gasteiger partial charge is 0.187 e. The van der Waals surface area contributed by atoms with E-state index in [1.165, 1.54) is 0 Å². The largest absolute Gasteiger partial charge is 0.503 e. The molecule has 18 heavy (non-hydrogen) atoms. The molecular weight excluding hydrogens is 236 g/mol. The molecule has 1 rings (SSSR count). The molecule has 1 unspecified atom stereocenters. The van der Waals surface area contributed by atoms with E-state index in [0.29, 0.717) is 18.0 Å². The maximum absolute atomic E-state index is 13.1. The summed E-state index contributed by atoms with van der Waals surface area (Å²) in [4.78, 5) is 0. The van der Waals surface area contributed by atoms with E-state index < -0.39 is 17.4 Å². The van der Waals surface area contributed by atoms with Gasteiger partial charge >= 0.3 is 0 Å². The summed E-state index contributed by atoms with van der Waals surface area (Å²) < 4.78 is 26.2. The van der Waals surface area contributed by atoms with Crippen LogP contribution < -0.4 is 5.32 Å². The van der Waals surface area contributed by atoms with Crippen LogP contribution in [-0.4, -0.2) is 11.7 Å². The van der Waals surface area contributed by atoms with Crippen molar-refractivity contribution >= 4 is 0 Å². The Kier molecular flexibility index (Phi) is 4.68. The van der Waals surface area contributed by atoms with E-state index in [1.807, 2.05) is 0 Å². The van der Waals surface area contributed by atoms with Crippen molar-refractivity contribution in [3.8, 4) is 5.75 Å². The highest BCUT2D eigenvalue weighted by Crippen LogP contribution is 2.25. The molecule has 2 N–H and O–H groups in total. The van der Waals surface area contributed by atoms with Gasteiger partial charge in [-0.2, -0.15) is 0 Å². The average Bonchev–Trinajstić information content (AvgIpc) is 2.24. The van der Waals surface area contributed by atoms with Gasteiger partial charge in [-0.05, 0) is 35.6 Å². The molecule has 0 aliphatic carbocycles. The first-order valence-corrected chi connectivity index (χ1v) is 6.09.